The van der Waals surface area contributed by atoms with Crippen LogP contribution in [0.5, 0.6) is 11.5 Å². The van der Waals surface area contributed by atoms with Crippen molar-refractivity contribution in [2.45, 2.75) is 93.0 Å². The maximum atomic E-state index is 12.6. The second-order valence-corrected chi connectivity index (χ2v) is 11.5. The second kappa shape index (κ2) is 16.2. The van der Waals surface area contributed by atoms with E-state index in [1.165, 1.54) is 12.1 Å². The van der Waals surface area contributed by atoms with Crippen LogP contribution < -0.4 is 15.2 Å². The highest BCUT2D eigenvalue weighted by atomic mass is 16.6. The fourth-order valence-electron chi connectivity index (χ4n) is 3.82. The van der Waals surface area contributed by atoms with E-state index in [1.54, 1.807) is 19.9 Å². The fourth-order valence-corrected chi connectivity index (χ4v) is 3.82. The second-order valence-electron chi connectivity index (χ2n) is 11.5. The summed E-state index contributed by atoms with van der Waals surface area (Å²) in [5, 5.41) is 9.73. The summed E-state index contributed by atoms with van der Waals surface area (Å²) in [6, 6.07) is 3.24. The topological polar surface area (TPSA) is 142 Å². The molecule has 0 heterocycles. The Balaban J connectivity index is 3.34. The lowest BCUT2D eigenvalue weighted by atomic mass is 9.82. The minimum absolute atomic E-state index is 0.0133. The SMILES string of the molecule is CC(C)CCC(=O)Oc1ccc(C(C(C)COC(=O)C(C)C(C)C)[C@H](N)C(=O)O)cc1OC(=O)CCC(C)C. The predicted octanol–water partition coefficient (Wildman–Crippen LogP) is 5.34. The van der Waals surface area contributed by atoms with Crippen LogP contribution in [-0.4, -0.2) is 41.6 Å². The van der Waals surface area contributed by atoms with Gasteiger partial charge in [0.25, 0.3) is 0 Å². The van der Waals surface area contributed by atoms with Crippen LogP contribution in [-0.2, 0) is 23.9 Å². The molecule has 3 N–H and O–H groups in total. The number of carbonyl (C=O) groups excluding carboxylic acids is 3. The van der Waals surface area contributed by atoms with Gasteiger partial charge in [0.1, 0.15) is 6.04 Å². The zero-order valence-electron chi connectivity index (χ0n) is 24.7. The molecular weight excluding hydrogens is 502 g/mol. The van der Waals surface area contributed by atoms with E-state index >= 15 is 0 Å². The molecule has 0 saturated carbocycles. The van der Waals surface area contributed by atoms with Crippen molar-refractivity contribution in [1.82, 2.24) is 0 Å². The molecule has 0 fully saturated rings. The summed E-state index contributed by atoms with van der Waals surface area (Å²) in [5.41, 5.74) is 6.55. The summed E-state index contributed by atoms with van der Waals surface area (Å²) in [4.78, 5) is 49.3. The van der Waals surface area contributed by atoms with Crippen molar-refractivity contribution < 1.29 is 38.5 Å². The number of esters is 3. The normalized spacial score (nSPS) is 14.6. The lowest BCUT2D eigenvalue weighted by Gasteiger charge is -2.28. The van der Waals surface area contributed by atoms with E-state index in [1.807, 2.05) is 41.5 Å². The van der Waals surface area contributed by atoms with Crippen molar-refractivity contribution in [2.24, 2.45) is 35.3 Å². The highest BCUT2D eigenvalue weighted by Gasteiger charge is 2.33. The molecule has 0 aliphatic rings. The Labute approximate surface area is 232 Å². The number of carbonyl (C=O) groups is 4. The maximum absolute atomic E-state index is 12.6. The lowest BCUT2D eigenvalue weighted by molar-refractivity contribution is -0.151. The molecule has 0 saturated heterocycles. The number of nitrogens with two attached hydrogens (primary N) is 1. The third-order valence-corrected chi connectivity index (χ3v) is 6.80. The number of hydrogen-bond donors (Lipinski definition) is 2. The van der Waals surface area contributed by atoms with Gasteiger partial charge in [0.2, 0.25) is 0 Å². The summed E-state index contributed by atoms with van der Waals surface area (Å²) in [6.45, 7) is 15.3. The van der Waals surface area contributed by atoms with Crippen LogP contribution in [0.2, 0.25) is 0 Å². The van der Waals surface area contributed by atoms with Gasteiger partial charge in [0.15, 0.2) is 11.5 Å². The molecule has 0 aromatic heterocycles. The van der Waals surface area contributed by atoms with Crippen molar-refractivity contribution in [3.05, 3.63) is 23.8 Å². The Hall–Kier alpha value is -2.94. The van der Waals surface area contributed by atoms with E-state index in [-0.39, 0.29) is 54.7 Å². The van der Waals surface area contributed by atoms with E-state index < -0.39 is 35.8 Å². The fraction of sp³-hybridized carbons (Fsp3) is 0.667. The highest BCUT2D eigenvalue weighted by molar-refractivity contribution is 5.77. The summed E-state index contributed by atoms with van der Waals surface area (Å²) < 4.78 is 16.6. The van der Waals surface area contributed by atoms with Gasteiger partial charge in [-0.05, 0) is 54.2 Å². The van der Waals surface area contributed by atoms with Crippen molar-refractivity contribution in [2.75, 3.05) is 6.61 Å². The van der Waals surface area contributed by atoms with Crippen molar-refractivity contribution >= 4 is 23.9 Å². The average molecular weight is 550 g/mol. The van der Waals surface area contributed by atoms with Crippen LogP contribution in [0.3, 0.4) is 0 Å². The van der Waals surface area contributed by atoms with E-state index in [2.05, 4.69) is 0 Å². The number of hydrogen-bond acceptors (Lipinski definition) is 8. The summed E-state index contributed by atoms with van der Waals surface area (Å²) in [6.07, 6.45) is 1.62. The molecule has 0 spiro atoms. The Morgan fingerprint density at radius 3 is 1.79 bits per heavy atom. The molecule has 0 bridgehead atoms. The van der Waals surface area contributed by atoms with Crippen LogP contribution >= 0.6 is 0 Å². The molecule has 9 heteroatoms. The molecule has 1 aromatic carbocycles. The molecule has 0 radical (unpaired) electrons. The van der Waals surface area contributed by atoms with E-state index in [9.17, 15) is 24.3 Å². The van der Waals surface area contributed by atoms with Crippen LogP contribution in [0.1, 0.15) is 92.6 Å². The third kappa shape index (κ3) is 11.8. The van der Waals surface area contributed by atoms with Gasteiger partial charge in [-0.1, -0.05) is 61.5 Å². The van der Waals surface area contributed by atoms with Crippen LogP contribution in [0.15, 0.2) is 18.2 Å². The molecule has 1 rings (SSSR count). The highest BCUT2D eigenvalue weighted by Crippen LogP contribution is 2.36. The first-order valence-electron chi connectivity index (χ1n) is 13.8. The van der Waals surface area contributed by atoms with Gasteiger partial charge in [-0.15, -0.1) is 0 Å². The molecule has 39 heavy (non-hydrogen) atoms. The first-order valence-corrected chi connectivity index (χ1v) is 13.8. The summed E-state index contributed by atoms with van der Waals surface area (Å²) in [5.74, 6) is -3.37. The zero-order valence-corrected chi connectivity index (χ0v) is 24.7. The Kier molecular flexibility index (Phi) is 14.2. The number of rotatable bonds is 16. The standard InChI is InChI=1S/C30H47NO8/c1-17(2)9-13-25(32)38-23-12-11-22(15-24(23)39-26(33)14-10-18(3)4)27(28(31)29(34)35)20(7)16-37-30(36)21(8)19(5)6/h11-12,15,17-21,27-28H,9-10,13-14,16,31H2,1-8H3,(H,34,35)/t20?,21?,27?,28-/m0/s1. The third-order valence-electron chi connectivity index (χ3n) is 6.80. The van der Waals surface area contributed by atoms with E-state index in [0.29, 0.717) is 24.3 Å². The summed E-state index contributed by atoms with van der Waals surface area (Å²) in [7, 11) is 0. The number of carboxylic acid groups (broad SMARTS) is 1. The molecule has 220 valence electrons. The number of carboxylic acids is 1. The number of ether oxygens (including phenoxy) is 3. The molecule has 4 atom stereocenters. The average Bonchev–Trinajstić information content (AvgIpc) is 2.85. The van der Waals surface area contributed by atoms with E-state index in [4.69, 9.17) is 19.9 Å². The molecule has 0 aliphatic heterocycles. The summed E-state index contributed by atoms with van der Waals surface area (Å²) >= 11 is 0. The minimum Gasteiger partial charge on any atom is -0.480 e. The quantitative estimate of drug-likeness (QED) is 0.206. The van der Waals surface area contributed by atoms with Crippen LogP contribution in [0.4, 0.5) is 0 Å². The van der Waals surface area contributed by atoms with Crippen LogP contribution in [0.25, 0.3) is 0 Å². The number of benzene rings is 1. The first kappa shape index (κ1) is 34.1. The van der Waals surface area contributed by atoms with Gasteiger partial charge in [0, 0.05) is 18.8 Å². The van der Waals surface area contributed by atoms with Gasteiger partial charge < -0.3 is 25.1 Å². The Bertz CT molecular complexity index is 972. The molecule has 1 aromatic rings. The van der Waals surface area contributed by atoms with Gasteiger partial charge >= 0.3 is 23.9 Å². The molecule has 0 amide bonds. The molecule has 0 aliphatic carbocycles. The first-order chi connectivity index (χ1) is 18.1. The van der Waals surface area contributed by atoms with E-state index in [0.717, 1.165) is 0 Å². The lowest BCUT2D eigenvalue weighted by Crippen LogP contribution is -2.41. The Morgan fingerprint density at radius 2 is 1.33 bits per heavy atom. The van der Waals surface area contributed by atoms with Gasteiger partial charge in [-0.3, -0.25) is 19.2 Å². The Morgan fingerprint density at radius 1 is 0.821 bits per heavy atom. The number of aliphatic carboxylic acids is 1. The van der Waals surface area contributed by atoms with Crippen LogP contribution in [0, 0.1) is 29.6 Å². The predicted molar refractivity (Wildman–Crippen MR) is 148 cm³/mol. The van der Waals surface area contributed by atoms with Gasteiger partial charge in [-0.2, -0.15) is 0 Å². The van der Waals surface area contributed by atoms with Gasteiger partial charge in [0.05, 0.1) is 12.5 Å². The molecular formula is C30H47NO8. The molecule has 3 unspecified atom stereocenters. The van der Waals surface area contributed by atoms with Crippen molar-refractivity contribution in [3.8, 4) is 11.5 Å². The maximum Gasteiger partial charge on any atom is 0.321 e. The van der Waals surface area contributed by atoms with Crippen molar-refractivity contribution in [1.29, 1.82) is 0 Å². The van der Waals surface area contributed by atoms with Gasteiger partial charge in [-0.25, -0.2) is 0 Å². The largest absolute Gasteiger partial charge is 0.480 e. The zero-order chi connectivity index (χ0) is 29.9. The minimum atomic E-state index is -1.33. The van der Waals surface area contributed by atoms with Crippen molar-refractivity contribution in [3.63, 3.8) is 0 Å². The monoisotopic (exact) mass is 549 g/mol. The molecule has 9 nitrogen and oxygen atoms in total. The smallest absolute Gasteiger partial charge is 0.321 e.